The van der Waals surface area contributed by atoms with Gasteiger partial charge < -0.3 is 9.26 Å². The Morgan fingerprint density at radius 2 is 2.11 bits per heavy atom. The zero-order valence-electron chi connectivity index (χ0n) is 10.7. The molecule has 2 rings (SSSR count). The third kappa shape index (κ3) is 2.51. The fraction of sp³-hybridized carbons (Fsp3) is 0.357. The lowest BCUT2D eigenvalue weighted by Crippen LogP contribution is -1.94. The molecular weight excluding hydrogens is 250 g/mol. The molecule has 0 amide bonds. The number of aromatic nitrogens is 1. The first-order valence-corrected chi connectivity index (χ1v) is 6.39. The number of methoxy groups -OCH3 is 1. The third-order valence-electron chi connectivity index (χ3n) is 2.83. The summed E-state index contributed by atoms with van der Waals surface area (Å²) in [4.78, 5) is 0. The SMILES string of the molecule is COc1ccc(-c2cc(CCl)no2)cc1C(C)C. The number of halogens is 1. The van der Waals surface area contributed by atoms with Gasteiger partial charge >= 0.3 is 0 Å². The zero-order valence-corrected chi connectivity index (χ0v) is 11.5. The highest BCUT2D eigenvalue weighted by Gasteiger charge is 2.12. The fourth-order valence-electron chi connectivity index (χ4n) is 1.85. The van der Waals surface area contributed by atoms with Crippen molar-refractivity contribution in [1.82, 2.24) is 5.16 Å². The predicted molar refractivity (Wildman–Crippen MR) is 72.1 cm³/mol. The summed E-state index contributed by atoms with van der Waals surface area (Å²) < 4.78 is 10.6. The van der Waals surface area contributed by atoms with Crippen LogP contribution in [0.1, 0.15) is 31.0 Å². The van der Waals surface area contributed by atoms with Crippen molar-refractivity contribution in [2.75, 3.05) is 7.11 Å². The molecule has 0 aliphatic heterocycles. The lowest BCUT2D eigenvalue weighted by Gasteiger charge is -2.12. The number of hydrogen-bond acceptors (Lipinski definition) is 3. The monoisotopic (exact) mass is 265 g/mol. The van der Waals surface area contributed by atoms with E-state index in [-0.39, 0.29) is 0 Å². The van der Waals surface area contributed by atoms with Crippen LogP contribution in [0.4, 0.5) is 0 Å². The van der Waals surface area contributed by atoms with E-state index in [2.05, 4.69) is 25.1 Å². The maximum Gasteiger partial charge on any atom is 0.167 e. The van der Waals surface area contributed by atoms with E-state index in [0.29, 0.717) is 11.8 Å². The van der Waals surface area contributed by atoms with Crippen LogP contribution in [0.2, 0.25) is 0 Å². The van der Waals surface area contributed by atoms with Crippen LogP contribution in [0.15, 0.2) is 28.8 Å². The van der Waals surface area contributed by atoms with E-state index in [4.69, 9.17) is 20.9 Å². The van der Waals surface area contributed by atoms with Gasteiger partial charge in [-0.3, -0.25) is 0 Å². The second-order valence-corrected chi connectivity index (χ2v) is 4.69. The minimum absolute atomic E-state index is 0.358. The van der Waals surface area contributed by atoms with Crippen LogP contribution in [0.5, 0.6) is 5.75 Å². The number of ether oxygens (including phenoxy) is 1. The van der Waals surface area contributed by atoms with E-state index in [9.17, 15) is 0 Å². The molecule has 0 bridgehead atoms. The summed E-state index contributed by atoms with van der Waals surface area (Å²) in [6, 6.07) is 7.84. The van der Waals surface area contributed by atoms with Crippen LogP contribution in [-0.4, -0.2) is 12.3 Å². The van der Waals surface area contributed by atoms with E-state index in [0.717, 1.165) is 28.3 Å². The number of nitrogens with zero attached hydrogens (tertiary/aromatic N) is 1. The minimum atomic E-state index is 0.358. The van der Waals surface area contributed by atoms with Crippen molar-refractivity contribution < 1.29 is 9.26 Å². The fourth-order valence-corrected chi connectivity index (χ4v) is 1.98. The van der Waals surface area contributed by atoms with Crippen LogP contribution in [0.25, 0.3) is 11.3 Å². The normalized spacial score (nSPS) is 10.9. The van der Waals surface area contributed by atoms with Crippen LogP contribution in [0, 0.1) is 0 Å². The molecule has 3 nitrogen and oxygen atoms in total. The largest absolute Gasteiger partial charge is 0.496 e. The van der Waals surface area contributed by atoms with Crippen LogP contribution >= 0.6 is 11.6 Å². The van der Waals surface area contributed by atoms with Gasteiger partial charge in [0, 0.05) is 11.6 Å². The number of benzene rings is 1. The highest BCUT2D eigenvalue weighted by Crippen LogP contribution is 2.31. The van der Waals surface area contributed by atoms with Crippen molar-refractivity contribution in [2.45, 2.75) is 25.6 Å². The number of hydrogen-bond donors (Lipinski definition) is 0. The van der Waals surface area contributed by atoms with Crippen LogP contribution in [0.3, 0.4) is 0 Å². The number of rotatable bonds is 4. The predicted octanol–water partition coefficient (Wildman–Crippen LogP) is 4.21. The summed E-state index contributed by atoms with van der Waals surface area (Å²) in [5.74, 6) is 2.37. The summed E-state index contributed by atoms with van der Waals surface area (Å²) in [5, 5.41) is 3.89. The zero-order chi connectivity index (χ0) is 13.1. The van der Waals surface area contributed by atoms with Gasteiger partial charge in [0.15, 0.2) is 5.76 Å². The van der Waals surface area contributed by atoms with Crippen molar-refractivity contribution in [3.05, 3.63) is 35.5 Å². The number of alkyl halides is 1. The lowest BCUT2D eigenvalue weighted by molar-refractivity contribution is 0.407. The lowest BCUT2D eigenvalue weighted by atomic mass is 9.98. The molecule has 0 saturated heterocycles. The smallest absolute Gasteiger partial charge is 0.167 e. The topological polar surface area (TPSA) is 35.3 Å². The molecule has 2 aromatic rings. The second kappa shape index (κ2) is 5.44. The molecule has 0 radical (unpaired) electrons. The first-order chi connectivity index (χ1) is 8.65. The molecule has 96 valence electrons. The Labute approximate surface area is 112 Å². The second-order valence-electron chi connectivity index (χ2n) is 4.43. The highest BCUT2D eigenvalue weighted by atomic mass is 35.5. The molecule has 18 heavy (non-hydrogen) atoms. The molecule has 0 N–H and O–H groups in total. The van der Waals surface area contributed by atoms with Gasteiger partial charge in [0.25, 0.3) is 0 Å². The Balaban J connectivity index is 2.42. The van der Waals surface area contributed by atoms with Crippen LogP contribution in [-0.2, 0) is 5.88 Å². The molecule has 0 unspecified atom stereocenters. The molecule has 0 aliphatic rings. The average molecular weight is 266 g/mol. The average Bonchev–Trinajstić information content (AvgIpc) is 2.86. The van der Waals surface area contributed by atoms with Gasteiger partial charge in [-0.05, 0) is 29.7 Å². The Hall–Kier alpha value is -1.48. The third-order valence-corrected chi connectivity index (χ3v) is 3.11. The summed E-state index contributed by atoms with van der Waals surface area (Å²) in [6.07, 6.45) is 0. The molecular formula is C14H16ClNO2. The standard InChI is InChI=1S/C14H16ClNO2/c1-9(2)12-6-10(4-5-13(12)17-3)14-7-11(8-15)16-18-14/h4-7,9H,8H2,1-3H3. The molecule has 1 heterocycles. The summed E-state index contributed by atoms with van der Waals surface area (Å²) >= 11 is 5.71. The van der Waals surface area contributed by atoms with Gasteiger partial charge in [0.1, 0.15) is 5.75 Å². The van der Waals surface area contributed by atoms with Crippen molar-refractivity contribution in [3.63, 3.8) is 0 Å². The maximum absolute atomic E-state index is 5.71. The van der Waals surface area contributed by atoms with E-state index in [1.165, 1.54) is 0 Å². The maximum atomic E-state index is 5.71. The summed E-state index contributed by atoms with van der Waals surface area (Å²) in [7, 11) is 1.68. The molecule has 0 spiro atoms. The Bertz CT molecular complexity index is 534. The summed E-state index contributed by atoms with van der Waals surface area (Å²) in [5.41, 5.74) is 2.88. The van der Waals surface area contributed by atoms with Crippen molar-refractivity contribution in [2.24, 2.45) is 0 Å². The Morgan fingerprint density at radius 3 is 2.67 bits per heavy atom. The molecule has 1 aromatic heterocycles. The first-order valence-electron chi connectivity index (χ1n) is 5.85. The molecule has 1 aromatic carbocycles. The minimum Gasteiger partial charge on any atom is -0.496 e. The molecule has 0 atom stereocenters. The van der Waals surface area contributed by atoms with Gasteiger partial charge in [-0.15, -0.1) is 11.6 Å². The molecule has 0 saturated carbocycles. The highest BCUT2D eigenvalue weighted by molar-refractivity contribution is 6.16. The van der Waals surface area contributed by atoms with Crippen molar-refractivity contribution in [1.29, 1.82) is 0 Å². The van der Waals surface area contributed by atoms with Crippen molar-refractivity contribution >= 4 is 11.6 Å². The van der Waals surface area contributed by atoms with Gasteiger partial charge in [0.05, 0.1) is 18.7 Å². The van der Waals surface area contributed by atoms with E-state index in [1.807, 2.05) is 18.2 Å². The molecule has 0 fully saturated rings. The van der Waals surface area contributed by atoms with Crippen molar-refractivity contribution in [3.8, 4) is 17.1 Å². The van der Waals surface area contributed by atoms with Crippen LogP contribution < -0.4 is 4.74 Å². The molecule has 0 aliphatic carbocycles. The van der Waals surface area contributed by atoms with Gasteiger partial charge in [-0.25, -0.2) is 0 Å². The van der Waals surface area contributed by atoms with Gasteiger partial charge in [-0.1, -0.05) is 19.0 Å². The Morgan fingerprint density at radius 1 is 1.33 bits per heavy atom. The summed E-state index contributed by atoms with van der Waals surface area (Å²) in [6.45, 7) is 4.26. The van der Waals surface area contributed by atoms with Gasteiger partial charge in [-0.2, -0.15) is 0 Å². The molecule has 4 heteroatoms. The quantitative estimate of drug-likeness (QED) is 0.777. The Kier molecular flexibility index (Phi) is 3.92. The van der Waals surface area contributed by atoms with Gasteiger partial charge in [0.2, 0.25) is 0 Å². The van der Waals surface area contributed by atoms with E-state index < -0.39 is 0 Å². The first kappa shape index (κ1) is 13.0. The van der Waals surface area contributed by atoms with E-state index in [1.54, 1.807) is 7.11 Å². The van der Waals surface area contributed by atoms with E-state index >= 15 is 0 Å².